The number of fused-ring (bicyclic) bond motifs is 3. The van der Waals surface area contributed by atoms with E-state index in [0.717, 1.165) is 12.8 Å². The summed E-state index contributed by atoms with van der Waals surface area (Å²) in [4.78, 5) is 15.0. The third kappa shape index (κ3) is 2.53. The van der Waals surface area contributed by atoms with Gasteiger partial charge in [0.25, 0.3) is 0 Å². The normalized spacial score (nSPS) is 23.8. The van der Waals surface area contributed by atoms with Gasteiger partial charge in [-0.1, -0.05) is 54.6 Å². The number of carbonyl (C=O) groups is 1. The molecule has 1 fully saturated rings. The summed E-state index contributed by atoms with van der Waals surface area (Å²) in [5.41, 5.74) is 3.21. The Bertz CT molecular complexity index is 753. The van der Waals surface area contributed by atoms with E-state index in [1.54, 1.807) is 0 Å². The lowest BCUT2D eigenvalue weighted by molar-refractivity contribution is -0.147. The maximum Gasteiger partial charge on any atom is 0.225 e. The van der Waals surface area contributed by atoms with Crippen LogP contribution in [0.1, 0.15) is 43.1 Å². The standard InChI is InChI=1S/C21H23NO2/c1-21(2)22(19(23)13-12-15-8-4-3-5-9-15)18-14-16-10-6-7-11-17(16)20(18)24-21/h3-11,18,20H,12-14H2,1-2H3. The second kappa shape index (κ2) is 5.75. The zero-order valence-electron chi connectivity index (χ0n) is 14.2. The lowest BCUT2D eigenvalue weighted by atomic mass is 10.1. The largest absolute Gasteiger partial charge is 0.346 e. The van der Waals surface area contributed by atoms with Crippen LogP contribution in [0.2, 0.25) is 0 Å². The minimum atomic E-state index is -0.545. The second-order valence-corrected chi connectivity index (χ2v) is 7.20. The van der Waals surface area contributed by atoms with Crippen LogP contribution in [0.5, 0.6) is 0 Å². The molecule has 0 N–H and O–H groups in total. The number of benzene rings is 2. The third-order valence-corrected chi connectivity index (χ3v) is 5.21. The summed E-state index contributed by atoms with van der Waals surface area (Å²) in [5, 5.41) is 0. The van der Waals surface area contributed by atoms with Gasteiger partial charge in [0, 0.05) is 6.42 Å². The minimum absolute atomic E-state index is 0.0110. The SMILES string of the molecule is CC1(C)OC2c3ccccc3CC2N1C(=O)CCc1ccccc1. The van der Waals surface area contributed by atoms with Crippen molar-refractivity contribution in [1.82, 2.24) is 4.90 Å². The average molecular weight is 321 g/mol. The van der Waals surface area contributed by atoms with Gasteiger partial charge in [-0.2, -0.15) is 0 Å². The minimum Gasteiger partial charge on any atom is -0.346 e. The van der Waals surface area contributed by atoms with E-state index in [-0.39, 0.29) is 18.1 Å². The van der Waals surface area contributed by atoms with E-state index in [2.05, 4.69) is 36.4 Å². The molecule has 1 aliphatic heterocycles. The summed E-state index contributed by atoms with van der Waals surface area (Å²) < 4.78 is 6.29. The monoisotopic (exact) mass is 321 g/mol. The number of ether oxygens (including phenoxy) is 1. The molecule has 0 radical (unpaired) electrons. The molecular weight excluding hydrogens is 298 g/mol. The number of hydrogen-bond donors (Lipinski definition) is 0. The number of aryl methyl sites for hydroxylation is 1. The smallest absolute Gasteiger partial charge is 0.225 e. The number of carbonyl (C=O) groups excluding carboxylic acids is 1. The summed E-state index contributed by atoms with van der Waals surface area (Å²) in [6.45, 7) is 4.02. The maximum atomic E-state index is 13.0. The van der Waals surface area contributed by atoms with Crippen LogP contribution in [-0.2, 0) is 22.4 Å². The first-order valence-corrected chi connectivity index (χ1v) is 8.68. The fourth-order valence-electron chi connectivity index (χ4n) is 4.17. The van der Waals surface area contributed by atoms with Crippen molar-refractivity contribution in [2.75, 3.05) is 0 Å². The summed E-state index contributed by atoms with van der Waals surface area (Å²) in [6.07, 6.45) is 2.20. The lowest BCUT2D eigenvalue weighted by Gasteiger charge is -2.33. The first kappa shape index (κ1) is 15.4. The summed E-state index contributed by atoms with van der Waals surface area (Å²) in [6, 6.07) is 18.7. The fourth-order valence-corrected chi connectivity index (χ4v) is 4.17. The van der Waals surface area contributed by atoms with Gasteiger partial charge in [0.1, 0.15) is 11.8 Å². The third-order valence-electron chi connectivity index (χ3n) is 5.21. The van der Waals surface area contributed by atoms with E-state index >= 15 is 0 Å². The number of nitrogens with zero attached hydrogens (tertiary/aromatic N) is 1. The Labute approximate surface area is 143 Å². The van der Waals surface area contributed by atoms with Gasteiger partial charge in [0.15, 0.2) is 0 Å². The molecule has 2 aliphatic rings. The highest BCUT2D eigenvalue weighted by atomic mass is 16.5. The maximum absolute atomic E-state index is 13.0. The number of rotatable bonds is 3. The molecule has 0 spiro atoms. The van der Waals surface area contributed by atoms with Crippen molar-refractivity contribution >= 4 is 5.91 Å². The Balaban J connectivity index is 1.53. The Hall–Kier alpha value is -2.13. The second-order valence-electron chi connectivity index (χ2n) is 7.20. The highest BCUT2D eigenvalue weighted by Gasteiger charge is 2.52. The van der Waals surface area contributed by atoms with Crippen LogP contribution >= 0.6 is 0 Å². The van der Waals surface area contributed by atoms with Crippen LogP contribution in [-0.4, -0.2) is 22.6 Å². The molecule has 1 amide bonds. The van der Waals surface area contributed by atoms with E-state index < -0.39 is 5.72 Å². The average Bonchev–Trinajstić information content (AvgIpc) is 3.04. The molecule has 0 bridgehead atoms. The van der Waals surface area contributed by atoms with Gasteiger partial charge in [0.2, 0.25) is 5.91 Å². The van der Waals surface area contributed by atoms with E-state index in [9.17, 15) is 4.79 Å². The van der Waals surface area contributed by atoms with Crippen molar-refractivity contribution in [2.24, 2.45) is 0 Å². The molecule has 3 heteroatoms. The quantitative estimate of drug-likeness (QED) is 0.858. The molecule has 1 aliphatic carbocycles. The van der Waals surface area contributed by atoms with Crippen LogP contribution in [0, 0.1) is 0 Å². The van der Waals surface area contributed by atoms with Crippen molar-refractivity contribution in [2.45, 2.75) is 51.0 Å². The zero-order chi connectivity index (χ0) is 16.7. The first-order chi connectivity index (χ1) is 11.6. The molecule has 2 aromatic rings. The predicted octanol–water partition coefficient (Wildman–Crippen LogP) is 3.88. The van der Waals surface area contributed by atoms with Crippen LogP contribution in [0.25, 0.3) is 0 Å². The molecule has 1 saturated heterocycles. The first-order valence-electron chi connectivity index (χ1n) is 8.68. The van der Waals surface area contributed by atoms with Gasteiger partial charge in [-0.3, -0.25) is 4.79 Å². The number of amides is 1. The Morgan fingerprint density at radius 1 is 1.12 bits per heavy atom. The van der Waals surface area contributed by atoms with Crippen molar-refractivity contribution in [3.8, 4) is 0 Å². The molecule has 2 atom stereocenters. The topological polar surface area (TPSA) is 29.5 Å². The molecule has 4 rings (SSSR count). The Morgan fingerprint density at radius 2 is 1.83 bits per heavy atom. The van der Waals surface area contributed by atoms with Crippen LogP contribution in [0.15, 0.2) is 54.6 Å². The van der Waals surface area contributed by atoms with Gasteiger partial charge >= 0.3 is 0 Å². The van der Waals surface area contributed by atoms with Crippen molar-refractivity contribution in [1.29, 1.82) is 0 Å². The van der Waals surface area contributed by atoms with Gasteiger partial charge in [-0.05, 0) is 43.4 Å². The summed E-state index contributed by atoms with van der Waals surface area (Å²) >= 11 is 0. The summed E-state index contributed by atoms with van der Waals surface area (Å²) in [7, 11) is 0. The highest BCUT2D eigenvalue weighted by Crippen LogP contribution is 2.47. The van der Waals surface area contributed by atoms with Crippen molar-refractivity contribution in [3.05, 3.63) is 71.3 Å². The van der Waals surface area contributed by atoms with Crippen LogP contribution < -0.4 is 0 Å². The molecular formula is C21H23NO2. The van der Waals surface area contributed by atoms with Gasteiger partial charge in [-0.15, -0.1) is 0 Å². The molecule has 0 saturated carbocycles. The van der Waals surface area contributed by atoms with E-state index in [1.165, 1.54) is 16.7 Å². The van der Waals surface area contributed by atoms with Gasteiger partial charge in [-0.25, -0.2) is 0 Å². The molecule has 2 aromatic carbocycles. The van der Waals surface area contributed by atoms with Gasteiger partial charge < -0.3 is 9.64 Å². The zero-order valence-corrected chi connectivity index (χ0v) is 14.2. The summed E-state index contributed by atoms with van der Waals surface area (Å²) in [5.74, 6) is 0.184. The Kier molecular flexibility index (Phi) is 3.69. The van der Waals surface area contributed by atoms with Gasteiger partial charge in [0.05, 0.1) is 6.04 Å². The predicted molar refractivity (Wildman–Crippen MR) is 93.4 cm³/mol. The van der Waals surface area contributed by atoms with Crippen LogP contribution in [0.3, 0.4) is 0 Å². The molecule has 2 unspecified atom stereocenters. The fraction of sp³-hybridized carbons (Fsp3) is 0.381. The highest BCUT2D eigenvalue weighted by molar-refractivity contribution is 5.78. The van der Waals surface area contributed by atoms with Crippen molar-refractivity contribution in [3.63, 3.8) is 0 Å². The van der Waals surface area contributed by atoms with Crippen LogP contribution in [0.4, 0.5) is 0 Å². The van der Waals surface area contributed by atoms with Crippen molar-refractivity contribution < 1.29 is 9.53 Å². The Morgan fingerprint density at radius 3 is 2.62 bits per heavy atom. The molecule has 1 heterocycles. The van der Waals surface area contributed by atoms with E-state index in [1.807, 2.05) is 36.9 Å². The molecule has 124 valence electrons. The van der Waals surface area contributed by atoms with E-state index in [4.69, 9.17) is 4.74 Å². The van der Waals surface area contributed by atoms with E-state index in [0.29, 0.717) is 6.42 Å². The molecule has 24 heavy (non-hydrogen) atoms. The molecule has 0 aromatic heterocycles. The molecule has 3 nitrogen and oxygen atoms in total. The lowest BCUT2D eigenvalue weighted by Crippen LogP contribution is -2.48. The number of hydrogen-bond acceptors (Lipinski definition) is 2.